The van der Waals surface area contributed by atoms with Crippen LogP contribution in [0, 0.1) is 0 Å². The molecule has 9 rings (SSSR count). The third-order valence-corrected chi connectivity index (χ3v) is 8.84. The van der Waals surface area contributed by atoms with Gasteiger partial charge in [-0.15, -0.1) is 0 Å². The second kappa shape index (κ2) is 10.8. The van der Waals surface area contributed by atoms with E-state index < -0.39 is 0 Å². The Kier molecular flexibility index (Phi) is 6.14. The molecule has 2 aromatic heterocycles. The van der Waals surface area contributed by atoms with E-state index in [1.807, 2.05) is 18.2 Å². The van der Waals surface area contributed by atoms with Crippen molar-refractivity contribution in [2.24, 2.45) is 0 Å². The Labute approximate surface area is 266 Å². The van der Waals surface area contributed by atoms with E-state index >= 15 is 0 Å². The van der Waals surface area contributed by atoms with Crippen molar-refractivity contribution in [3.8, 4) is 22.3 Å². The van der Waals surface area contributed by atoms with Crippen LogP contribution in [-0.2, 0) is 0 Å². The van der Waals surface area contributed by atoms with Crippen LogP contribution < -0.4 is 4.90 Å². The maximum absolute atomic E-state index is 6.15. The fourth-order valence-electron chi connectivity index (χ4n) is 6.63. The average Bonchev–Trinajstić information content (AvgIpc) is 3.49. The normalized spacial score (nSPS) is 11.5. The Morgan fingerprint density at radius 3 is 2.00 bits per heavy atom. The lowest BCUT2D eigenvalue weighted by Crippen LogP contribution is -2.11. The van der Waals surface area contributed by atoms with E-state index in [4.69, 9.17) is 9.40 Å². The monoisotopic (exact) mass is 588 g/mol. The van der Waals surface area contributed by atoms with Crippen molar-refractivity contribution in [3.05, 3.63) is 170 Å². The van der Waals surface area contributed by atoms with Gasteiger partial charge in [0.05, 0.1) is 11.2 Å². The first kappa shape index (κ1) is 26.2. The second-order valence-corrected chi connectivity index (χ2v) is 11.6. The van der Waals surface area contributed by atoms with Crippen LogP contribution in [0.4, 0.5) is 17.1 Å². The highest BCUT2D eigenvalue weighted by Crippen LogP contribution is 2.43. The zero-order chi connectivity index (χ0) is 30.5. The van der Waals surface area contributed by atoms with E-state index in [1.54, 1.807) is 0 Å². The van der Waals surface area contributed by atoms with Crippen LogP contribution >= 0.6 is 0 Å². The molecule has 0 fully saturated rings. The number of hydrogen-bond acceptors (Lipinski definition) is 3. The Balaban J connectivity index is 1.26. The predicted octanol–water partition coefficient (Wildman–Crippen LogP) is 12.1. The summed E-state index contributed by atoms with van der Waals surface area (Å²) >= 11 is 0. The van der Waals surface area contributed by atoms with Crippen molar-refractivity contribution in [2.75, 3.05) is 4.90 Å². The van der Waals surface area contributed by atoms with E-state index in [-0.39, 0.29) is 0 Å². The van der Waals surface area contributed by atoms with E-state index in [9.17, 15) is 0 Å². The number of hydrogen-bond donors (Lipinski definition) is 0. The summed E-state index contributed by atoms with van der Waals surface area (Å²) in [7, 11) is 0. The lowest BCUT2D eigenvalue weighted by atomic mass is 9.96. The summed E-state index contributed by atoms with van der Waals surface area (Å²) in [6.07, 6.45) is 0. The third kappa shape index (κ3) is 4.41. The standard InChI is InChI=1S/C43H28N2O/c1-2-11-29(12-3-1)30-21-24-33(25-22-30)45(40-19-8-6-16-37(40)36-18-10-14-31-13-4-5-15-35(31)36)34-26-23-32-27-42-43(44-39(32)28-34)38-17-7-9-20-41(38)46-42/h1-28H. The molecule has 0 saturated heterocycles. The van der Waals surface area contributed by atoms with Gasteiger partial charge in [-0.05, 0) is 76.0 Å². The molecule has 0 unspecified atom stereocenters. The van der Waals surface area contributed by atoms with Gasteiger partial charge >= 0.3 is 0 Å². The first-order chi connectivity index (χ1) is 22.8. The number of anilines is 3. The number of nitrogens with zero attached hydrogens (tertiary/aromatic N) is 2. The van der Waals surface area contributed by atoms with E-state index in [0.717, 1.165) is 55.6 Å². The molecule has 7 aromatic carbocycles. The van der Waals surface area contributed by atoms with Gasteiger partial charge in [-0.2, -0.15) is 0 Å². The first-order valence-electron chi connectivity index (χ1n) is 15.5. The highest BCUT2D eigenvalue weighted by Gasteiger charge is 2.19. The molecular formula is C43H28N2O. The van der Waals surface area contributed by atoms with Gasteiger partial charge < -0.3 is 9.32 Å². The molecule has 216 valence electrons. The van der Waals surface area contributed by atoms with Gasteiger partial charge in [-0.1, -0.05) is 121 Å². The molecule has 0 atom stereocenters. The first-order valence-corrected chi connectivity index (χ1v) is 15.5. The van der Waals surface area contributed by atoms with Crippen molar-refractivity contribution in [3.63, 3.8) is 0 Å². The van der Waals surface area contributed by atoms with Gasteiger partial charge in [0.2, 0.25) is 0 Å². The Hall–Kier alpha value is -6.19. The topological polar surface area (TPSA) is 29.3 Å². The molecule has 0 radical (unpaired) electrons. The molecule has 3 nitrogen and oxygen atoms in total. The van der Waals surface area contributed by atoms with Crippen LogP contribution in [0.3, 0.4) is 0 Å². The smallest absolute Gasteiger partial charge is 0.154 e. The number of rotatable bonds is 5. The molecule has 2 heterocycles. The molecule has 0 N–H and O–H groups in total. The van der Waals surface area contributed by atoms with E-state index in [2.05, 4.69) is 157 Å². The highest BCUT2D eigenvalue weighted by atomic mass is 16.3. The molecule has 3 heteroatoms. The van der Waals surface area contributed by atoms with Crippen LogP contribution in [0.25, 0.3) is 66.0 Å². The molecule has 46 heavy (non-hydrogen) atoms. The summed E-state index contributed by atoms with van der Waals surface area (Å²) in [5, 5.41) is 4.52. The zero-order valence-corrected chi connectivity index (χ0v) is 25.0. The lowest BCUT2D eigenvalue weighted by Gasteiger charge is -2.28. The van der Waals surface area contributed by atoms with Gasteiger partial charge in [-0.3, -0.25) is 0 Å². The summed E-state index contributed by atoms with van der Waals surface area (Å²) in [6.45, 7) is 0. The van der Waals surface area contributed by atoms with Gasteiger partial charge in [0.25, 0.3) is 0 Å². The molecule has 0 bridgehead atoms. The third-order valence-electron chi connectivity index (χ3n) is 8.84. The maximum atomic E-state index is 6.15. The molecule has 0 amide bonds. The summed E-state index contributed by atoms with van der Waals surface area (Å²) in [6, 6.07) is 59.9. The average molecular weight is 589 g/mol. The molecule has 0 aliphatic carbocycles. The fourth-order valence-corrected chi connectivity index (χ4v) is 6.63. The van der Waals surface area contributed by atoms with Crippen LogP contribution in [0.5, 0.6) is 0 Å². The zero-order valence-electron chi connectivity index (χ0n) is 25.0. The predicted molar refractivity (Wildman–Crippen MR) is 192 cm³/mol. The highest BCUT2D eigenvalue weighted by molar-refractivity contribution is 6.07. The van der Waals surface area contributed by atoms with Crippen molar-refractivity contribution in [2.45, 2.75) is 0 Å². The van der Waals surface area contributed by atoms with Gasteiger partial charge in [-0.25, -0.2) is 4.98 Å². The fraction of sp³-hybridized carbons (Fsp3) is 0. The summed E-state index contributed by atoms with van der Waals surface area (Å²) < 4.78 is 6.15. The molecule has 0 aliphatic heterocycles. The van der Waals surface area contributed by atoms with Crippen LogP contribution in [0.1, 0.15) is 0 Å². The van der Waals surface area contributed by atoms with Crippen molar-refractivity contribution >= 4 is 60.8 Å². The Morgan fingerprint density at radius 2 is 1.11 bits per heavy atom. The van der Waals surface area contributed by atoms with Gasteiger partial charge in [0, 0.05) is 27.7 Å². The molecule has 0 spiro atoms. The number of aromatic nitrogens is 1. The Bertz CT molecular complexity index is 2530. The molecule has 0 saturated carbocycles. The lowest BCUT2D eigenvalue weighted by molar-refractivity contribution is 0.669. The SMILES string of the molecule is c1ccc(-c2ccc(N(c3ccc4cc5oc6ccccc6c5nc4c3)c3ccccc3-c3cccc4ccccc34)cc2)cc1. The van der Waals surface area contributed by atoms with Crippen LogP contribution in [0.2, 0.25) is 0 Å². The van der Waals surface area contributed by atoms with Gasteiger partial charge in [0.15, 0.2) is 5.58 Å². The van der Waals surface area contributed by atoms with Gasteiger partial charge in [0.1, 0.15) is 11.1 Å². The minimum atomic E-state index is 0.802. The molecule has 0 aliphatic rings. The van der Waals surface area contributed by atoms with Crippen molar-refractivity contribution in [1.29, 1.82) is 0 Å². The van der Waals surface area contributed by atoms with Crippen molar-refractivity contribution < 1.29 is 4.42 Å². The minimum absolute atomic E-state index is 0.802. The number of pyridine rings is 1. The maximum Gasteiger partial charge on any atom is 0.154 e. The minimum Gasteiger partial charge on any atom is -0.454 e. The summed E-state index contributed by atoms with van der Waals surface area (Å²) in [5.74, 6) is 0. The number of benzene rings is 7. The van der Waals surface area contributed by atoms with Crippen molar-refractivity contribution in [1.82, 2.24) is 4.98 Å². The van der Waals surface area contributed by atoms with E-state index in [1.165, 1.54) is 27.5 Å². The molecule has 9 aromatic rings. The Morgan fingerprint density at radius 1 is 0.435 bits per heavy atom. The second-order valence-electron chi connectivity index (χ2n) is 11.6. The summed E-state index contributed by atoms with van der Waals surface area (Å²) in [5.41, 5.74) is 11.4. The van der Waals surface area contributed by atoms with Crippen LogP contribution in [0.15, 0.2) is 174 Å². The molecular weight excluding hydrogens is 560 g/mol. The number of furan rings is 1. The largest absolute Gasteiger partial charge is 0.454 e. The number of para-hydroxylation sites is 2. The summed E-state index contributed by atoms with van der Waals surface area (Å²) in [4.78, 5) is 7.50. The number of fused-ring (bicyclic) bond motifs is 5. The van der Waals surface area contributed by atoms with E-state index in [0.29, 0.717) is 0 Å². The quantitative estimate of drug-likeness (QED) is 0.200. The van der Waals surface area contributed by atoms with Crippen LogP contribution in [-0.4, -0.2) is 4.98 Å².